The number of aldehydes is 1. The molecule has 0 aliphatic heterocycles. The first kappa shape index (κ1) is 20.9. The number of carbonyl (C=O) groups is 2. The molecule has 2 aromatic heterocycles. The topological polar surface area (TPSA) is 137 Å². The number of amides is 1. The van der Waals surface area contributed by atoms with Gasteiger partial charge in [-0.3, -0.25) is 4.79 Å². The van der Waals surface area contributed by atoms with Crippen molar-refractivity contribution in [2.45, 2.75) is 33.3 Å². The fourth-order valence-corrected chi connectivity index (χ4v) is 2.28. The zero-order valence-corrected chi connectivity index (χ0v) is 16.4. The molecule has 0 unspecified atom stereocenters. The van der Waals surface area contributed by atoms with Gasteiger partial charge in [0.15, 0.2) is 5.82 Å². The van der Waals surface area contributed by atoms with Crippen LogP contribution in [0.4, 0.5) is 16.6 Å². The average molecular weight is 387 g/mol. The number of anilines is 2. The van der Waals surface area contributed by atoms with Crippen molar-refractivity contribution in [2.24, 2.45) is 0 Å². The van der Waals surface area contributed by atoms with Crippen LogP contribution >= 0.6 is 0 Å². The monoisotopic (exact) mass is 387 g/mol. The Morgan fingerprint density at radius 2 is 2.07 bits per heavy atom. The van der Waals surface area contributed by atoms with Gasteiger partial charge in [-0.15, -0.1) is 0 Å². The highest BCUT2D eigenvalue weighted by Crippen LogP contribution is 2.17. The van der Waals surface area contributed by atoms with Crippen LogP contribution in [-0.4, -0.2) is 50.8 Å². The summed E-state index contributed by atoms with van der Waals surface area (Å²) < 4.78 is 6.77. The number of rotatable bonds is 7. The molecule has 150 valence electrons. The second-order valence-electron chi connectivity index (χ2n) is 6.92. The van der Waals surface area contributed by atoms with E-state index < -0.39 is 11.7 Å². The summed E-state index contributed by atoms with van der Waals surface area (Å²) in [7, 11) is 0. The molecule has 2 heterocycles. The molecule has 0 aliphatic rings. The van der Waals surface area contributed by atoms with Gasteiger partial charge in [0.25, 0.3) is 0 Å². The van der Waals surface area contributed by atoms with Crippen molar-refractivity contribution >= 4 is 30.2 Å². The number of allylic oxidation sites excluding steroid dienone is 1. The van der Waals surface area contributed by atoms with Crippen molar-refractivity contribution in [2.75, 3.05) is 24.1 Å². The van der Waals surface area contributed by atoms with E-state index in [1.807, 2.05) is 6.92 Å². The second-order valence-corrected chi connectivity index (χ2v) is 6.92. The largest absolute Gasteiger partial charge is 0.444 e. The maximum atomic E-state index is 11.6. The summed E-state index contributed by atoms with van der Waals surface area (Å²) in [4.78, 5) is 30.5. The lowest BCUT2D eigenvalue weighted by Crippen LogP contribution is -2.35. The zero-order chi connectivity index (χ0) is 20.7. The SMILES string of the molecule is Cc1c(C=CC=O)cnn1-c1cc(NCCNC(=O)OC(C)(C)C)nc(N)n1. The lowest BCUT2D eigenvalue weighted by Gasteiger charge is -2.19. The molecular formula is C18H25N7O3. The highest BCUT2D eigenvalue weighted by molar-refractivity contribution is 5.74. The van der Waals surface area contributed by atoms with Gasteiger partial charge < -0.3 is 21.1 Å². The van der Waals surface area contributed by atoms with Crippen LogP contribution < -0.4 is 16.4 Å². The third-order valence-corrected chi connectivity index (χ3v) is 3.45. The minimum absolute atomic E-state index is 0.0833. The fraction of sp³-hybridized carbons (Fsp3) is 0.389. The van der Waals surface area contributed by atoms with Crippen LogP contribution in [0.3, 0.4) is 0 Å². The molecule has 0 spiro atoms. The van der Waals surface area contributed by atoms with Crippen molar-refractivity contribution in [1.29, 1.82) is 0 Å². The van der Waals surface area contributed by atoms with Gasteiger partial charge in [-0.05, 0) is 39.8 Å². The molecule has 1 amide bonds. The summed E-state index contributed by atoms with van der Waals surface area (Å²) in [5.74, 6) is 1.06. The molecule has 0 atom stereocenters. The molecule has 0 saturated carbocycles. The molecule has 10 nitrogen and oxygen atoms in total. The number of aromatic nitrogens is 4. The van der Waals surface area contributed by atoms with Gasteiger partial charge in [0, 0.05) is 24.7 Å². The van der Waals surface area contributed by atoms with Gasteiger partial charge in [0.05, 0.1) is 11.9 Å². The van der Waals surface area contributed by atoms with Gasteiger partial charge >= 0.3 is 6.09 Å². The minimum Gasteiger partial charge on any atom is -0.444 e. The van der Waals surface area contributed by atoms with Crippen molar-refractivity contribution in [3.8, 4) is 5.82 Å². The number of nitrogen functional groups attached to an aromatic ring is 1. The van der Waals surface area contributed by atoms with Crippen LogP contribution in [0.1, 0.15) is 32.0 Å². The lowest BCUT2D eigenvalue weighted by atomic mass is 10.2. The van der Waals surface area contributed by atoms with E-state index in [9.17, 15) is 9.59 Å². The Morgan fingerprint density at radius 1 is 1.32 bits per heavy atom. The summed E-state index contributed by atoms with van der Waals surface area (Å²) in [6.45, 7) is 8.01. The normalized spacial score (nSPS) is 11.4. The number of hydrogen-bond acceptors (Lipinski definition) is 8. The minimum atomic E-state index is -0.547. The van der Waals surface area contributed by atoms with Gasteiger partial charge in [0.1, 0.15) is 17.7 Å². The van der Waals surface area contributed by atoms with Crippen LogP contribution in [0.15, 0.2) is 18.3 Å². The predicted molar refractivity (Wildman–Crippen MR) is 106 cm³/mol. The van der Waals surface area contributed by atoms with Crippen molar-refractivity contribution in [3.63, 3.8) is 0 Å². The molecular weight excluding hydrogens is 362 g/mol. The van der Waals surface area contributed by atoms with E-state index >= 15 is 0 Å². The Morgan fingerprint density at radius 3 is 2.75 bits per heavy atom. The molecule has 0 radical (unpaired) electrons. The number of ether oxygens (including phenoxy) is 1. The number of hydrogen-bond donors (Lipinski definition) is 3. The molecule has 2 rings (SSSR count). The van der Waals surface area contributed by atoms with Crippen LogP contribution in [0.2, 0.25) is 0 Å². The van der Waals surface area contributed by atoms with E-state index in [1.54, 1.807) is 43.8 Å². The first-order valence-corrected chi connectivity index (χ1v) is 8.72. The zero-order valence-electron chi connectivity index (χ0n) is 16.4. The highest BCUT2D eigenvalue weighted by Gasteiger charge is 2.15. The average Bonchev–Trinajstić information content (AvgIpc) is 2.95. The number of alkyl carbamates (subject to hydrolysis) is 1. The fourth-order valence-electron chi connectivity index (χ4n) is 2.28. The second kappa shape index (κ2) is 8.98. The predicted octanol–water partition coefficient (Wildman–Crippen LogP) is 1.70. The first-order valence-electron chi connectivity index (χ1n) is 8.72. The number of nitrogens with two attached hydrogens (primary N) is 1. The maximum Gasteiger partial charge on any atom is 0.407 e. The van der Waals surface area contributed by atoms with Crippen molar-refractivity contribution in [3.05, 3.63) is 29.6 Å². The van der Waals surface area contributed by atoms with E-state index in [0.717, 1.165) is 11.3 Å². The molecule has 4 N–H and O–H groups in total. The lowest BCUT2D eigenvalue weighted by molar-refractivity contribution is -0.104. The maximum absolute atomic E-state index is 11.6. The standard InChI is InChI=1S/C18H25N7O3/c1-12-13(6-5-9-26)11-22-25(12)15-10-14(23-16(19)24-15)20-7-8-21-17(27)28-18(2,3)4/h5-6,9-11H,7-8H2,1-4H3,(H,21,27)(H3,19,20,23,24). The van der Waals surface area contributed by atoms with Crippen LogP contribution in [0.5, 0.6) is 0 Å². The third kappa shape index (κ3) is 6.08. The number of nitrogens with one attached hydrogen (secondary N) is 2. The quantitative estimate of drug-likeness (QED) is 0.371. The molecule has 0 bridgehead atoms. The van der Waals surface area contributed by atoms with E-state index in [1.165, 1.54) is 6.08 Å². The van der Waals surface area contributed by atoms with E-state index in [2.05, 4.69) is 25.7 Å². The summed E-state index contributed by atoms with van der Waals surface area (Å²) in [6.07, 6.45) is 4.91. The molecule has 0 aromatic carbocycles. The Balaban J connectivity index is 2.02. The Bertz CT molecular complexity index is 869. The molecule has 0 fully saturated rings. The van der Waals surface area contributed by atoms with Gasteiger partial charge in [0.2, 0.25) is 5.95 Å². The summed E-state index contributed by atoms with van der Waals surface area (Å²) in [6, 6.07) is 1.69. The molecule has 0 saturated heterocycles. The van der Waals surface area contributed by atoms with Crippen LogP contribution in [0, 0.1) is 6.92 Å². The molecule has 0 aliphatic carbocycles. The van der Waals surface area contributed by atoms with E-state index in [-0.39, 0.29) is 5.95 Å². The van der Waals surface area contributed by atoms with Crippen molar-refractivity contribution in [1.82, 2.24) is 25.1 Å². The number of nitrogens with zero attached hydrogens (tertiary/aromatic N) is 4. The smallest absolute Gasteiger partial charge is 0.407 e. The molecule has 28 heavy (non-hydrogen) atoms. The summed E-state index contributed by atoms with van der Waals surface area (Å²) in [5.41, 5.74) is 6.85. The highest BCUT2D eigenvalue weighted by atomic mass is 16.6. The van der Waals surface area contributed by atoms with Gasteiger partial charge in [-0.2, -0.15) is 15.1 Å². The molecule has 2 aromatic rings. The van der Waals surface area contributed by atoms with E-state index in [0.29, 0.717) is 31.0 Å². The Labute approximate surface area is 163 Å². The third-order valence-electron chi connectivity index (χ3n) is 3.45. The Kier molecular flexibility index (Phi) is 6.69. The van der Waals surface area contributed by atoms with Gasteiger partial charge in [-0.25, -0.2) is 9.48 Å². The summed E-state index contributed by atoms with van der Waals surface area (Å²) in [5, 5.41) is 10.00. The first-order chi connectivity index (χ1) is 13.2. The summed E-state index contributed by atoms with van der Waals surface area (Å²) >= 11 is 0. The van der Waals surface area contributed by atoms with Crippen LogP contribution in [0.25, 0.3) is 11.9 Å². The van der Waals surface area contributed by atoms with Gasteiger partial charge in [-0.1, -0.05) is 0 Å². The Hall–Kier alpha value is -3.43. The molecule has 10 heteroatoms. The van der Waals surface area contributed by atoms with Crippen LogP contribution in [-0.2, 0) is 9.53 Å². The number of carbonyl (C=O) groups excluding carboxylic acids is 2. The van der Waals surface area contributed by atoms with E-state index in [4.69, 9.17) is 10.5 Å². The van der Waals surface area contributed by atoms with Crippen molar-refractivity contribution < 1.29 is 14.3 Å².